The largest absolute Gasteiger partial charge is 0.454 e. The zero-order chi connectivity index (χ0) is 28.0. The summed E-state index contributed by atoms with van der Waals surface area (Å²) in [5.74, 6) is -1.89. The first kappa shape index (κ1) is 26.3. The van der Waals surface area contributed by atoms with Crippen LogP contribution in [0.15, 0.2) is 82.7 Å². The second-order valence-electron chi connectivity index (χ2n) is 9.91. The third-order valence-corrected chi connectivity index (χ3v) is 8.82. The molecule has 0 saturated carbocycles. The molecule has 200 valence electrons. The Morgan fingerprint density at radius 3 is 2.60 bits per heavy atom. The van der Waals surface area contributed by atoms with Gasteiger partial charge >= 0.3 is 5.97 Å². The number of hydrogen-bond acceptors (Lipinski definition) is 7. The summed E-state index contributed by atoms with van der Waals surface area (Å²) in [6, 6.07) is 17.5. The first-order valence-corrected chi connectivity index (χ1v) is 14.5. The van der Waals surface area contributed by atoms with E-state index in [0.29, 0.717) is 39.1 Å². The molecule has 4 aromatic rings. The SMILES string of the molecule is C[C@@H]1C=CC[C@H]2C(=O)N(c3ccc(-c4cc(C(=O)OCC(=O)c5cccs5)c5cc(Br)ccc5n4)cc3)C(=O)[C@H]12. The lowest BCUT2D eigenvalue weighted by atomic mass is 9.78. The molecular weight excluding hydrogens is 592 g/mol. The fraction of sp³-hybridized carbons (Fsp3) is 0.194. The number of pyridine rings is 1. The third-order valence-electron chi connectivity index (χ3n) is 7.41. The van der Waals surface area contributed by atoms with E-state index in [-0.39, 0.29) is 47.5 Å². The van der Waals surface area contributed by atoms with Crippen LogP contribution in [0.5, 0.6) is 0 Å². The highest BCUT2D eigenvalue weighted by Gasteiger charge is 2.50. The number of aromatic nitrogens is 1. The van der Waals surface area contributed by atoms with E-state index in [9.17, 15) is 19.2 Å². The Balaban J connectivity index is 1.30. The Labute approximate surface area is 242 Å². The molecule has 2 aromatic carbocycles. The van der Waals surface area contributed by atoms with Gasteiger partial charge in [0.25, 0.3) is 0 Å². The molecule has 3 heterocycles. The number of fused-ring (bicyclic) bond motifs is 2. The number of ether oxygens (including phenoxy) is 1. The van der Waals surface area contributed by atoms with E-state index < -0.39 is 5.97 Å². The highest BCUT2D eigenvalue weighted by atomic mass is 79.9. The maximum Gasteiger partial charge on any atom is 0.339 e. The van der Waals surface area contributed by atoms with Crippen molar-refractivity contribution >= 4 is 67.4 Å². The standard InChI is InChI=1S/C31H23BrN2O5S/c1-17-4-2-5-21-28(17)30(37)34(29(21)36)20-10-7-18(8-11-20)25-15-23(22-14-19(32)9-12-24(22)33-25)31(38)39-16-26(35)27-6-3-13-40-27/h2-4,6-15,17,21,28H,5,16H2,1H3/t17-,21-,28-/m1/s1. The molecule has 0 bridgehead atoms. The summed E-state index contributed by atoms with van der Waals surface area (Å²) < 4.78 is 6.18. The number of amides is 2. The van der Waals surface area contributed by atoms with Crippen LogP contribution in [0.3, 0.4) is 0 Å². The molecule has 0 spiro atoms. The van der Waals surface area contributed by atoms with Gasteiger partial charge in [-0.15, -0.1) is 11.3 Å². The lowest BCUT2D eigenvalue weighted by Crippen LogP contribution is -2.31. The van der Waals surface area contributed by atoms with E-state index in [1.54, 1.807) is 60.0 Å². The van der Waals surface area contributed by atoms with E-state index in [1.165, 1.54) is 16.2 Å². The van der Waals surface area contributed by atoms with Crippen molar-refractivity contribution in [2.24, 2.45) is 17.8 Å². The normalized spacial score (nSPS) is 20.1. The van der Waals surface area contributed by atoms with Crippen LogP contribution in [-0.2, 0) is 14.3 Å². The van der Waals surface area contributed by atoms with Gasteiger partial charge < -0.3 is 4.74 Å². The summed E-state index contributed by atoms with van der Waals surface area (Å²) in [7, 11) is 0. The molecule has 2 amide bonds. The predicted octanol–water partition coefficient (Wildman–Crippen LogP) is 6.47. The van der Waals surface area contributed by atoms with E-state index in [0.717, 1.165) is 4.47 Å². The molecule has 0 N–H and O–H groups in total. The number of thiophene rings is 1. The summed E-state index contributed by atoms with van der Waals surface area (Å²) in [6.07, 6.45) is 4.56. The molecule has 40 heavy (non-hydrogen) atoms. The first-order valence-electron chi connectivity index (χ1n) is 12.8. The minimum Gasteiger partial charge on any atom is -0.454 e. The maximum absolute atomic E-state index is 13.2. The molecule has 1 aliphatic heterocycles. The first-order chi connectivity index (χ1) is 19.3. The zero-order valence-corrected chi connectivity index (χ0v) is 23.8. The summed E-state index contributed by atoms with van der Waals surface area (Å²) in [6.45, 7) is 1.60. The van der Waals surface area contributed by atoms with E-state index in [4.69, 9.17) is 9.72 Å². The second kappa shape index (κ2) is 10.6. The van der Waals surface area contributed by atoms with Crippen molar-refractivity contribution in [2.75, 3.05) is 11.5 Å². The number of halogens is 1. The van der Waals surface area contributed by atoms with Gasteiger partial charge in [-0.3, -0.25) is 19.3 Å². The summed E-state index contributed by atoms with van der Waals surface area (Å²) in [4.78, 5) is 58.4. The van der Waals surface area contributed by atoms with Crippen molar-refractivity contribution in [1.29, 1.82) is 0 Å². The zero-order valence-electron chi connectivity index (χ0n) is 21.4. The number of imide groups is 1. The van der Waals surface area contributed by atoms with Crippen LogP contribution in [0.25, 0.3) is 22.2 Å². The molecular formula is C31H23BrN2O5S. The predicted molar refractivity (Wildman–Crippen MR) is 156 cm³/mol. The fourth-order valence-corrected chi connectivity index (χ4v) is 6.43. The molecule has 0 radical (unpaired) electrons. The van der Waals surface area contributed by atoms with Gasteiger partial charge in [-0.05, 0) is 60.2 Å². The van der Waals surface area contributed by atoms with Crippen LogP contribution in [0.4, 0.5) is 5.69 Å². The fourth-order valence-electron chi connectivity index (χ4n) is 5.42. The average molecular weight is 616 g/mol. The van der Waals surface area contributed by atoms with Crippen LogP contribution in [0.2, 0.25) is 0 Å². The number of esters is 1. The van der Waals surface area contributed by atoms with Crippen LogP contribution in [0, 0.1) is 17.8 Å². The van der Waals surface area contributed by atoms with Gasteiger partial charge in [-0.25, -0.2) is 9.78 Å². The lowest BCUT2D eigenvalue weighted by Gasteiger charge is -2.22. The number of carbonyl (C=O) groups is 4. The highest BCUT2D eigenvalue weighted by Crippen LogP contribution is 2.40. The average Bonchev–Trinajstić information content (AvgIpc) is 3.59. The van der Waals surface area contributed by atoms with Crippen LogP contribution < -0.4 is 4.90 Å². The van der Waals surface area contributed by atoms with Gasteiger partial charge in [0.15, 0.2) is 6.61 Å². The van der Waals surface area contributed by atoms with Crippen LogP contribution in [0.1, 0.15) is 33.4 Å². The Morgan fingerprint density at radius 2 is 1.88 bits per heavy atom. The summed E-state index contributed by atoms with van der Waals surface area (Å²) >= 11 is 4.74. The van der Waals surface area contributed by atoms with Crippen molar-refractivity contribution in [3.8, 4) is 11.3 Å². The molecule has 3 atom stereocenters. The molecule has 1 aliphatic carbocycles. The number of benzene rings is 2. The smallest absolute Gasteiger partial charge is 0.339 e. The number of rotatable bonds is 6. The van der Waals surface area contributed by atoms with Gasteiger partial charge in [0.2, 0.25) is 17.6 Å². The van der Waals surface area contributed by atoms with Crippen molar-refractivity contribution in [1.82, 2.24) is 4.98 Å². The Hall–Kier alpha value is -3.95. The number of allylic oxidation sites excluding steroid dienone is 2. The van der Waals surface area contributed by atoms with Crippen molar-refractivity contribution < 1.29 is 23.9 Å². The topological polar surface area (TPSA) is 93.6 Å². The number of anilines is 1. The molecule has 2 aliphatic rings. The van der Waals surface area contributed by atoms with Crippen molar-refractivity contribution in [3.63, 3.8) is 0 Å². The van der Waals surface area contributed by atoms with Gasteiger partial charge in [-0.2, -0.15) is 0 Å². The lowest BCUT2D eigenvalue weighted by molar-refractivity contribution is -0.122. The summed E-state index contributed by atoms with van der Waals surface area (Å²) in [5.41, 5.74) is 2.58. The van der Waals surface area contributed by atoms with E-state index >= 15 is 0 Å². The van der Waals surface area contributed by atoms with Gasteiger partial charge in [0.1, 0.15) is 0 Å². The minimum atomic E-state index is -0.633. The molecule has 6 rings (SSSR count). The number of carbonyl (C=O) groups excluding carboxylic acids is 4. The van der Waals surface area contributed by atoms with Gasteiger partial charge in [0, 0.05) is 15.4 Å². The van der Waals surface area contributed by atoms with Crippen molar-refractivity contribution in [2.45, 2.75) is 13.3 Å². The molecule has 7 nitrogen and oxygen atoms in total. The number of nitrogens with zero attached hydrogens (tertiary/aromatic N) is 2. The molecule has 1 fully saturated rings. The quantitative estimate of drug-likeness (QED) is 0.107. The second-order valence-corrected chi connectivity index (χ2v) is 11.8. The Bertz CT molecular complexity index is 1700. The van der Waals surface area contributed by atoms with E-state index in [2.05, 4.69) is 15.9 Å². The third kappa shape index (κ3) is 4.69. The Kier molecular flexibility index (Phi) is 6.93. The van der Waals surface area contributed by atoms with E-state index in [1.807, 2.05) is 25.1 Å². The molecule has 9 heteroatoms. The molecule has 2 aromatic heterocycles. The van der Waals surface area contributed by atoms with Crippen molar-refractivity contribution in [3.05, 3.63) is 93.1 Å². The summed E-state index contributed by atoms with van der Waals surface area (Å²) in [5, 5.41) is 2.38. The Morgan fingerprint density at radius 1 is 1.07 bits per heavy atom. The number of hydrogen-bond donors (Lipinski definition) is 0. The van der Waals surface area contributed by atoms with Gasteiger partial charge in [-0.1, -0.05) is 53.2 Å². The molecule has 0 unspecified atom stereocenters. The molecule has 1 saturated heterocycles. The number of ketones is 1. The number of Topliss-reactive ketones (excluding diaryl/α,β-unsaturated/α-hetero) is 1. The van der Waals surface area contributed by atoms with Gasteiger partial charge in [0.05, 0.1) is 39.2 Å². The minimum absolute atomic E-state index is 0.0140. The maximum atomic E-state index is 13.2. The monoisotopic (exact) mass is 614 g/mol. The van der Waals surface area contributed by atoms with Crippen LogP contribution in [-0.4, -0.2) is 35.2 Å². The van der Waals surface area contributed by atoms with Crippen LogP contribution >= 0.6 is 27.3 Å². The highest BCUT2D eigenvalue weighted by molar-refractivity contribution is 9.10.